The third-order valence-corrected chi connectivity index (χ3v) is 5.50. The third kappa shape index (κ3) is 4.64. The van der Waals surface area contributed by atoms with Crippen LogP contribution >= 0.6 is 11.8 Å². The van der Waals surface area contributed by atoms with E-state index in [4.69, 9.17) is 0 Å². The number of allylic oxidation sites excluding steroid dienone is 1. The molecule has 25 heavy (non-hydrogen) atoms. The molecule has 0 aliphatic rings. The number of rotatable bonds is 5. The van der Waals surface area contributed by atoms with E-state index in [9.17, 15) is 0 Å². The maximum atomic E-state index is 2.24. The molecule has 0 bridgehead atoms. The lowest BCUT2D eigenvalue weighted by Gasteiger charge is -2.14. The zero-order valence-electron chi connectivity index (χ0n) is 15.1. The van der Waals surface area contributed by atoms with Gasteiger partial charge in [0.1, 0.15) is 0 Å². The predicted octanol–water partition coefficient (Wildman–Crippen LogP) is 7.03. The van der Waals surface area contributed by atoms with E-state index in [1.165, 1.54) is 38.3 Å². The monoisotopic (exact) mass is 344 g/mol. The van der Waals surface area contributed by atoms with Crippen molar-refractivity contribution in [3.8, 4) is 0 Å². The normalized spacial score (nSPS) is 12.0. The molecule has 0 N–H and O–H groups in total. The highest BCUT2D eigenvalue weighted by Gasteiger charge is 2.09. The molecule has 0 amide bonds. The van der Waals surface area contributed by atoms with Crippen molar-refractivity contribution in [3.63, 3.8) is 0 Å². The SMILES string of the molecule is C/C(=C(\CSc1ccccc1)c1ccc(C)cc1)c1ccc(C)cc1. The van der Waals surface area contributed by atoms with Gasteiger partial charge in [0.25, 0.3) is 0 Å². The molecule has 0 aliphatic carbocycles. The number of aryl methyl sites for hydroxylation is 2. The van der Waals surface area contributed by atoms with Crippen LogP contribution in [-0.2, 0) is 0 Å². The largest absolute Gasteiger partial charge is 0.121 e. The summed E-state index contributed by atoms with van der Waals surface area (Å²) in [5.41, 5.74) is 7.96. The molecule has 0 unspecified atom stereocenters. The molecule has 0 spiro atoms. The Morgan fingerprint density at radius 2 is 1.20 bits per heavy atom. The van der Waals surface area contributed by atoms with E-state index in [-0.39, 0.29) is 0 Å². The molecule has 3 aromatic carbocycles. The van der Waals surface area contributed by atoms with Gasteiger partial charge < -0.3 is 0 Å². The minimum atomic E-state index is 0.965. The average molecular weight is 345 g/mol. The van der Waals surface area contributed by atoms with Crippen LogP contribution in [0, 0.1) is 13.8 Å². The molecule has 3 aromatic rings. The summed E-state index contributed by atoms with van der Waals surface area (Å²) in [7, 11) is 0. The van der Waals surface area contributed by atoms with Gasteiger partial charge in [0, 0.05) is 10.6 Å². The van der Waals surface area contributed by atoms with Gasteiger partial charge in [-0.2, -0.15) is 0 Å². The Morgan fingerprint density at radius 3 is 1.76 bits per heavy atom. The first kappa shape index (κ1) is 17.6. The Kier molecular flexibility index (Phi) is 5.78. The molecule has 126 valence electrons. The van der Waals surface area contributed by atoms with Crippen LogP contribution in [0.4, 0.5) is 0 Å². The molecule has 0 atom stereocenters. The zero-order chi connectivity index (χ0) is 17.6. The lowest BCUT2D eigenvalue weighted by molar-refractivity contribution is 1.42. The van der Waals surface area contributed by atoms with Crippen LogP contribution in [-0.4, -0.2) is 5.75 Å². The fourth-order valence-corrected chi connectivity index (χ4v) is 3.86. The maximum absolute atomic E-state index is 2.24. The second-order valence-electron chi connectivity index (χ2n) is 6.44. The van der Waals surface area contributed by atoms with Crippen LogP contribution in [0.1, 0.15) is 29.2 Å². The summed E-state index contributed by atoms with van der Waals surface area (Å²) in [6.45, 7) is 6.51. The Morgan fingerprint density at radius 1 is 0.680 bits per heavy atom. The van der Waals surface area contributed by atoms with Crippen LogP contribution in [0.3, 0.4) is 0 Å². The van der Waals surface area contributed by atoms with Gasteiger partial charge in [0.2, 0.25) is 0 Å². The smallest absolute Gasteiger partial charge is 0.0240 e. The Labute approximate surface area is 155 Å². The summed E-state index contributed by atoms with van der Waals surface area (Å²) >= 11 is 1.90. The first-order chi connectivity index (χ1) is 12.1. The second kappa shape index (κ2) is 8.22. The van der Waals surface area contributed by atoms with Gasteiger partial charge in [-0.05, 0) is 55.2 Å². The van der Waals surface area contributed by atoms with Crippen molar-refractivity contribution >= 4 is 22.9 Å². The lowest BCUT2D eigenvalue weighted by Crippen LogP contribution is -1.94. The summed E-state index contributed by atoms with van der Waals surface area (Å²) in [5, 5.41) is 0. The summed E-state index contributed by atoms with van der Waals surface area (Å²) < 4.78 is 0. The van der Waals surface area contributed by atoms with Crippen molar-refractivity contribution in [1.82, 2.24) is 0 Å². The average Bonchev–Trinajstić information content (AvgIpc) is 2.64. The summed E-state index contributed by atoms with van der Waals surface area (Å²) in [4.78, 5) is 1.31. The second-order valence-corrected chi connectivity index (χ2v) is 7.49. The van der Waals surface area contributed by atoms with E-state index in [1.807, 2.05) is 11.8 Å². The molecule has 0 radical (unpaired) electrons. The van der Waals surface area contributed by atoms with Crippen LogP contribution < -0.4 is 0 Å². The molecule has 0 aromatic heterocycles. The first-order valence-electron chi connectivity index (χ1n) is 8.65. The standard InChI is InChI=1S/C24H24S/c1-18-9-13-21(14-10-18)20(3)24(22-15-11-19(2)12-16-22)17-25-23-7-5-4-6-8-23/h4-16H,17H2,1-3H3/b24-20-. The van der Waals surface area contributed by atoms with Gasteiger partial charge in [0.15, 0.2) is 0 Å². The highest BCUT2D eigenvalue weighted by Crippen LogP contribution is 2.32. The zero-order valence-corrected chi connectivity index (χ0v) is 15.9. The number of thioether (sulfide) groups is 1. The van der Waals surface area contributed by atoms with E-state index in [1.54, 1.807) is 0 Å². The van der Waals surface area contributed by atoms with Crippen molar-refractivity contribution in [3.05, 3.63) is 101 Å². The highest BCUT2D eigenvalue weighted by molar-refractivity contribution is 7.99. The minimum Gasteiger partial charge on any atom is -0.121 e. The third-order valence-electron chi connectivity index (χ3n) is 4.46. The number of hydrogen-bond acceptors (Lipinski definition) is 1. The summed E-state index contributed by atoms with van der Waals surface area (Å²) in [6, 6.07) is 28.4. The molecule has 3 rings (SSSR count). The summed E-state index contributed by atoms with van der Waals surface area (Å²) in [5.74, 6) is 0.965. The number of benzene rings is 3. The Hall–Kier alpha value is -2.25. The first-order valence-corrected chi connectivity index (χ1v) is 9.64. The molecule has 0 saturated carbocycles. The molecule has 0 saturated heterocycles. The molecule has 0 fully saturated rings. The fourth-order valence-electron chi connectivity index (χ4n) is 2.81. The maximum Gasteiger partial charge on any atom is 0.0240 e. The van der Waals surface area contributed by atoms with Gasteiger partial charge in [0.05, 0.1) is 0 Å². The van der Waals surface area contributed by atoms with Crippen molar-refractivity contribution < 1.29 is 0 Å². The van der Waals surface area contributed by atoms with Gasteiger partial charge in [-0.1, -0.05) is 77.9 Å². The minimum absolute atomic E-state index is 0.965. The molecule has 0 nitrogen and oxygen atoms in total. The van der Waals surface area contributed by atoms with Crippen molar-refractivity contribution in [2.45, 2.75) is 25.7 Å². The predicted molar refractivity (Wildman–Crippen MR) is 112 cm³/mol. The van der Waals surface area contributed by atoms with Gasteiger partial charge >= 0.3 is 0 Å². The molecule has 1 heteroatoms. The van der Waals surface area contributed by atoms with Gasteiger partial charge in [-0.25, -0.2) is 0 Å². The molecular weight excluding hydrogens is 320 g/mol. The van der Waals surface area contributed by atoms with E-state index in [0.717, 1.165) is 5.75 Å². The van der Waals surface area contributed by atoms with E-state index >= 15 is 0 Å². The summed E-state index contributed by atoms with van der Waals surface area (Å²) in [6.07, 6.45) is 0. The van der Waals surface area contributed by atoms with Crippen molar-refractivity contribution in [2.75, 3.05) is 5.75 Å². The van der Waals surface area contributed by atoms with E-state index in [2.05, 4.69) is 99.6 Å². The Balaban J connectivity index is 1.97. The fraction of sp³-hybridized carbons (Fsp3) is 0.167. The topological polar surface area (TPSA) is 0 Å². The van der Waals surface area contributed by atoms with Gasteiger partial charge in [-0.15, -0.1) is 11.8 Å². The van der Waals surface area contributed by atoms with Gasteiger partial charge in [-0.3, -0.25) is 0 Å². The van der Waals surface area contributed by atoms with Crippen molar-refractivity contribution in [2.24, 2.45) is 0 Å². The van der Waals surface area contributed by atoms with Crippen LogP contribution in [0.2, 0.25) is 0 Å². The number of hydrogen-bond donors (Lipinski definition) is 0. The van der Waals surface area contributed by atoms with Crippen LogP contribution in [0.25, 0.3) is 11.1 Å². The molecular formula is C24H24S. The van der Waals surface area contributed by atoms with Crippen molar-refractivity contribution in [1.29, 1.82) is 0 Å². The highest BCUT2D eigenvalue weighted by atomic mass is 32.2. The quantitative estimate of drug-likeness (QED) is 0.354. The van der Waals surface area contributed by atoms with Crippen LogP contribution in [0.5, 0.6) is 0 Å². The Bertz CT molecular complexity index is 841. The lowest BCUT2D eigenvalue weighted by atomic mass is 9.96. The molecule has 0 aliphatic heterocycles. The van der Waals surface area contributed by atoms with Crippen LogP contribution in [0.15, 0.2) is 83.8 Å². The molecule has 0 heterocycles. The van der Waals surface area contributed by atoms with E-state index < -0.39 is 0 Å². The van der Waals surface area contributed by atoms with E-state index in [0.29, 0.717) is 0 Å².